The summed E-state index contributed by atoms with van der Waals surface area (Å²) in [6.07, 6.45) is 5.89. The molecule has 5 aromatic rings. The van der Waals surface area contributed by atoms with Crippen LogP contribution in [0.1, 0.15) is 33.4 Å². The lowest BCUT2D eigenvalue weighted by Gasteiger charge is -2.34. The maximum atomic E-state index is 13.0. The van der Waals surface area contributed by atoms with Crippen LogP contribution < -0.4 is 14.2 Å². The van der Waals surface area contributed by atoms with Crippen LogP contribution in [0.3, 0.4) is 0 Å². The van der Waals surface area contributed by atoms with E-state index in [0.29, 0.717) is 53.7 Å². The number of pyridine rings is 1. The van der Waals surface area contributed by atoms with Crippen LogP contribution >= 0.6 is 35.6 Å². The molecule has 4 aromatic carbocycles. The summed E-state index contributed by atoms with van der Waals surface area (Å²) in [4.78, 5) is 21.7. The van der Waals surface area contributed by atoms with E-state index >= 15 is 0 Å². The summed E-state index contributed by atoms with van der Waals surface area (Å²) in [5.74, 6) is 2.39. The molecule has 1 aliphatic rings. The Bertz CT molecular complexity index is 1900. The Morgan fingerprint density at radius 1 is 0.788 bits per heavy atom. The van der Waals surface area contributed by atoms with Gasteiger partial charge in [-0.3, -0.25) is 9.69 Å². The number of carbonyl (C=O) groups excluding carboxylic acids is 1. The molecule has 0 N–H and O–H groups in total. The van der Waals surface area contributed by atoms with Gasteiger partial charge in [0.25, 0.3) is 0 Å². The number of piperazine rings is 1. The normalized spacial score (nSPS) is 13.1. The predicted octanol–water partition coefficient (Wildman–Crippen LogP) is 9.78. The van der Waals surface area contributed by atoms with E-state index in [4.69, 9.17) is 37.4 Å². The molecule has 10 heteroatoms. The van der Waals surface area contributed by atoms with Gasteiger partial charge in [-0.2, -0.15) is 0 Å². The molecule has 1 saturated heterocycles. The molecule has 0 unspecified atom stereocenters. The molecule has 1 aromatic heterocycles. The average molecular weight is 759 g/mol. The Morgan fingerprint density at radius 3 is 2.13 bits per heavy atom. The van der Waals surface area contributed by atoms with Crippen molar-refractivity contribution in [3.05, 3.63) is 153 Å². The molecule has 2 heterocycles. The number of aromatic nitrogens is 1. The van der Waals surface area contributed by atoms with E-state index in [-0.39, 0.29) is 18.3 Å². The first kappa shape index (κ1) is 38.7. The molecule has 0 spiro atoms. The standard InChI is InChI=1S/C42H41Cl2N3O4.ClH/c1-30-3-5-34(6-4-30)29-50-38-16-17-40(45-27-38)51-42-31(2)25-35(26-39(42)44)11-18-41(48)47-22-20-46(21-23-47)28-33-9-7-32(8-10-33)19-24-49-37-14-12-36(43)13-15-37;/h3-18,25-27H,19-24,28-29H2,1-2H3;1H/b18-11+;. The number of rotatable bonds is 13. The summed E-state index contributed by atoms with van der Waals surface area (Å²) >= 11 is 12.6. The van der Waals surface area contributed by atoms with E-state index in [2.05, 4.69) is 53.2 Å². The molecule has 0 radical (unpaired) electrons. The lowest BCUT2D eigenvalue weighted by molar-refractivity contribution is -0.127. The van der Waals surface area contributed by atoms with Crippen LogP contribution in [0, 0.1) is 13.8 Å². The Kier molecular flexibility index (Phi) is 14.0. The summed E-state index contributed by atoms with van der Waals surface area (Å²) in [5, 5.41) is 1.14. The van der Waals surface area contributed by atoms with E-state index in [1.165, 1.54) is 16.7 Å². The molecule has 0 bridgehead atoms. The number of aryl methyl sites for hydroxylation is 2. The SMILES string of the molecule is Cc1ccc(COc2ccc(Oc3c(C)cc(/C=C/C(=O)N4CCN(Cc5ccc(CCOc6ccc(Cl)cc6)cc5)CC4)cc3Cl)nc2)cc1.Cl. The van der Waals surface area contributed by atoms with Crippen LogP contribution in [0.15, 0.2) is 109 Å². The maximum Gasteiger partial charge on any atom is 0.246 e. The van der Waals surface area contributed by atoms with Crippen LogP contribution in [0.4, 0.5) is 0 Å². The van der Waals surface area contributed by atoms with Gasteiger partial charge in [-0.1, -0.05) is 77.3 Å². The summed E-state index contributed by atoms with van der Waals surface area (Å²) in [6.45, 7) is 8.90. The summed E-state index contributed by atoms with van der Waals surface area (Å²) < 4.78 is 17.7. The zero-order valence-corrected chi connectivity index (χ0v) is 31.6. The maximum absolute atomic E-state index is 13.0. The number of nitrogens with zero attached hydrogens (tertiary/aromatic N) is 3. The fourth-order valence-corrected chi connectivity index (χ4v) is 6.18. The third-order valence-corrected chi connectivity index (χ3v) is 9.23. The second kappa shape index (κ2) is 18.8. The van der Waals surface area contributed by atoms with Crippen molar-refractivity contribution in [2.24, 2.45) is 0 Å². The molecule has 1 aliphatic heterocycles. The summed E-state index contributed by atoms with van der Waals surface area (Å²) in [5.41, 5.74) is 6.45. The fourth-order valence-electron chi connectivity index (χ4n) is 5.74. The first-order valence-electron chi connectivity index (χ1n) is 17.1. The molecule has 0 aliphatic carbocycles. The van der Waals surface area contributed by atoms with Crippen molar-refractivity contribution in [2.75, 3.05) is 32.8 Å². The van der Waals surface area contributed by atoms with Gasteiger partial charge in [0.15, 0.2) is 5.75 Å². The van der Waals surface area contributed by atoms with Crippen LogP contribution in [-0.2, 0) is 24.4 Å². The average Bonchev–Trinajstić information content (AvgIpc) is 3.14. The Morgan fingerprint density at radius 2 is 1.46 bits per heavy atom. The van der Waals surface area contributed by atoms with Gasteiger partial charge in [-0.05, 0) is 90.2 Å². The smallest absolute Gasteiger partial charge is 0.246 e. The van der Waals surface area contributed by atoms with Gasteiger partial charge in [-0.15, -0.1) is 12.4 Å². The monoisotopic (exact) mass is 757 g/mol. The van der Waals surface area contributed by atoms with Gasteiger partial charge in [0.1, 0.15) is 18.1 Å². The van der Waals surface area contributed by atoms with Gasteiger partial charge >= 0.3 is 0 Å². The second-order valence-electron chi connectivity index (χ2n) is 12.7. The first-order valence-corrected chi connectivity index (χ1v) is 17.8. The van der Waals surface area contributed by atoms with Crippen LogP contribution in [0.5, 0.6) is 23.1 Å². The van der Waals surface area contributed by atoms with Crippen molar-refractivity contribution < 1.29 is 19.0 Å². The lowest BCUT2D eigenvalue weighted by atomic mass is 10.1. The molecule has 7 nitrogen and oxygen atoms in total. The van der Waals surface area contributed by atoms with Gasteiger partial charge in [0, 0.05) is 56.3 Å². The van der Waals surface area contributed by atoms with Crippen molar-refractivity contribution in [1.29, 1.82) is 0 Å². The molecule has 270 valence electrons. The van der Waals surface area contributed by atoms with Crippen molar-refractivity contribution in [1.82, 2.24) is 14.8 Å². The predicted molar refractivity (Wildman–Crippen MR) is 211 cm³/mol. The number of halogens is 3. The molecule has 1 fully saturated rings. The van der Waals surface area contributed by atoms with E-state index in [1.807, 2.05) is 60.4 Å². The minimum Gasteiger partial charge on any atom is -0.493 e. The van der Waals surface area contributed by atoms with Crippen molar-refractivity contribution in [3.63, 3.8) is 0 Å². The highest BCUT2D eigenvalue weighted by molar-refractivity contribution is 6.32. The van der Waals surface area contributed by atoms with Gasteiger partial charge in [0.05, 0.1) is 17.8 Å². The largest absolute Gasteiger partial charge is 0.493 e. The second-order valence-corrected chi connectivity index (χ2v) is 13.5. The number of amides is 1. The minimum absolute atomic E-state index is 0. The van der Waals surface area contributed by atoms with E-state index < -0.39 is 0 Å². The molecule has 0 saturated carbocycles. The Hall–Kier alpha value is -4.53. The molecule has 6 rings (SSSR count). The zero-order chi connectivity index (χ0) is 35.6. The summed E-state index contributed by atoms with van der Waals surface area (Å²) in [7, 11) is 0. The van der Waals surface area contributed by atoms with Crippen molar-refractivity contribution >= 4 is 47.6 Å². The zero-order valence-electron chi connectivity index (χ0n) is 29.3. The number of hydrogen-bond donors (Lipinski definition) is 0. The molecule has 52 heavy (non-hydrogen) atoms. The van der Waals surface area contributed by atoms with Crippen molar-refractivity contribution in [3.8, 4) is 23.1 Å². The number of hydrogen-bond acceptors (Lipinski definition) is 6. The Balaban J connectivity index is 0.00000523. The fraction of sp³-hybridized carbons (Fsp3) is 0.238. The summed E-state index contributed by atoms with van der Waals surface area (Å²) in [6, 6.07) is 31.6. The van der Waals surface area contributed by atoms with Gasteiger partial charge in [0.2, 0.25) is 11.8 Å². The van der Waals surface area contributed by atoms with Gasteiger partial charge in [-0.25, -0.2) is 4.98 Å². The highest BCUT2D eigenvalue weighted by Gasteiger charge is 2.20. The number of benzene rings is 4. The van der Waals surface area contributed by atoms with E-state index in [0.717, 1.165) is 48.5 Å². The van der Waals surface area contributed by atoms with Gasteiger partial charge < -0.3 is 19.1 Å². The molecular weight excluding hydrogens is 717 g/mol. The minimum atomic E-state index is -0.0113. The van der Waals surface area contributed by atoms with Crippen LogP contribution in [0.25, 0.3) is 6.08 Å². The third kappa shape index (κ3) is 11.2. The number of carbonyl (C=O) groups is 1. The highest BCUT2D eigenvalue weighted by atomic mass is 35.5. The Labute approximate surface area is 322 Å². The molecule has 1 amide bonds. The van der Waals surface area contributed by atoms with Crippen LogP contribution in [0.2, 0.25) is 10.0 Å². The third-order valence-electron chi connectivity index (χ3n) is 8.70. The first-order chi connectivity index (χ1) is 24.8. The topological polar surface area (TPSA) is 64.1 Å². The highest BCUT2D eigenvalue weighted by Crippen LogP contribution is 2.34. The van der Waals surface area contributed by atoms with Crippen LogP contribution in [-0.4, -0.2) is 53.5 Å². The molecular formula is C42H42Cl3N3O4. The van der Waals surface area contributed by atoms with Crippen molar-refractivity contribution in [2.45, 2.75) is 33.4 Å². The van der Waals surface area contributed by atoms with E-state index in [1.54, 1.807) is 30.5 Å². The number of ether oxygens (including phenoxy) is 3. The van der Waals surface area contributed by atoms with E-state index in [9.17, 15) is 4.79 Å². The molecule has 0 atom stereocenters. The lowest BCUT2D eigenvalue weighted by Crippen LogP contribution is -2.47. The quantitative estimate of drug-likeness (QED) is 0.112.